The van der Waals surface area contributed by atoms with Gasteiger partial charge in [-0.15, -0.1) is 0 Å². The van der Waals surface area contributed by atoms with E-state index in [0.29, 0.717) is 42.8 Å². The van der Waals surface area contributed by atoms with Crippen LogP contribution < -0.4 is 19.5 Å². The number of urea groups is 1. The molecule has 1 aliphatic carbocycles. The Morgan fingerprint density at radius 3 is 2.13 bits per heavy atom. The lowest BCUT2D eigenvalue weighted by atomic mass is 9.87. The Morgan fingerprint density at radius 2 is 1.56 bits per heavy atom. The van der Waals surface area contributed by atoms with Crippen molar-refractivity contribution in [1.82, 2.24) is 14.9 Å². The normalized spacial score (nSPS) is 19.8. The van der Waals surface area contributed by atoms with Gasteiger partial charge in [0.25, 0.3) is 10.0 Å². The van der Waals surface area contributed by atoms with Crippen molar-refractivity contribution >= 4 is 33.6 Å². The molecule has 240 valence electrons. The lowest BCUT2D eigenvalue weighted by Gasteiger charge is -2.21. The van der Waals surface area contributed by atoms with Gasteiger partial charge in [-0.05, 0) is 76.9 Å². The van der Waals surface area contributed by atoms with Gasteiger partial charge >= 0.3 is 12.0 Å². The third kappa shape index (κ3) is 8.27. The van der Waals surface area contributed by atoms with Crippen molar-refractivity contribution in [2.75, 3.05) is 26.2 Å². The molecule has 2 unspecified atom stereocenters. The average Bonchev–Trinajstić information content (AvgIpc) is 3.42. The molecule has 2 aliphatic rings. The van der Waals surface area contributed by atoms with Crippen molar-refractivity contribution in [3.8, 4) is 11.5 Å². The number of nitrogens with zero attached hydrogens (tertiary/aromatic N) is 1. The van der Waals surface area contributed by atoms with E-state index < -0.39 is 28.1 Å². The zero-order chi connectivity index (χ0) is 32.4. The van der Waals surface area contributed by atoms with E-state index >= 15 is 0 Å². The summed E-state index contributed by atoms with van der Waals surface area (Å²) in [6.07, 6.45) is -0.806. The Bertz CT molecular complexity index is 1600. The highest BCUT2D eigenvalue weighted by atomic mass is 35.5. The molecule has 1 saturated carbocycles. The molecule has 0 aromatic heterocycles. The summed E-state index contributed by atoms with van der Waals surface area (Å²) in [4.78, 5) is 25.9. The number of aliphatic carboxylic acids is 1. The largest absolute Gasteiger partial charge is 0.492 e. The number of carboxylic acids is 1. The van der Waals surface area contributed by atoms with Gasteiger partial charge in [0.1, 0.15) is 18.1 Å². The zero-order valence-corrected chi connectivity index (χ0v) is 27.0. The molecule has 12 heteroatoms. The van der Waals surface area contributed by atoms with E-state index in [1.54, 1.807) is 12.1 Å². The SMILES string of the molecule is CC(C)(C)c1ccc(O[C@@H](Cc2ccc(OCCNC3C4CN(C(=O)NS(=O)(=O)c5ccc(Cl)cc5)CC43)cc2)C(=O)O)cc1. The van der Waals surface area contributed by atoms with Crippen LogP contribution in [0.5, 0.6) is 11.5 Å². The van der Waals surface area contributed by atoms with Gasteiger partial charge in [-0.25, -0.2) is 22.7 Å². The van der Waals surface area contributed by atoms with Crippen molar-refractivity contribution in [3.63, 3.8) is 0 Å². The van der Waals surface area contributed by atoms with E-state index in [2.05, 4.69) is 30.8 Å². The number of carbonyl (C=O) groups excluding carboxylic acids is 1. The van der Waals surface area contributed by atoms with Crippen LogP contribution in [0.2, 0.25) is 5.02 Å². The fourth-order valence-corrected chi connectivity index (χ4v) is 6.65. The highest BCUT2D eigenvalue weighted by Gasteiger charge is 2.56. The number of hydrogen-bond donors (Lipinski definition) is 3. The third-order valence-electron chi connectivity index (χ3n) is 8.20. The van der Waals surface area contributed by atoms with Crippen molar-refractivity contribution in [3.05, 3.63) is 88.9 Å². The summed E-state index contributed by atoms with van der Waals surface area (Å²) in [5.41, 5.74) is 1.96. The molecule has 10 nitrogen and oxygen atoms in total. The van der Waals surface area contributed by atoms with Crippen LogP contribution in [0.1, 0.15) is 31.9 Å². The number of halogens is 1. The monoisotopic (exact) mass is 655 g/mol. The summed E-state index contributed by atoms with van der Waals surface area (Å²) in [7, 11) is -3.97. The molecule has 2 amide bonds. The van der Waals surface area contributed by atoms with Crippen LogP contribution >= 0.6 is 11.6 Å². The van der Waals surface area contributed by atoms with E-state index in [9.17, 15) is 23.1 Å². The van der Waals surface area contributed by atoms with E-state index in [1.807, 2.05) is 36.4 Å². The number of sulfonamides is 1. The van der Waals surface area contributed by atoms with Crippen molar-refractivity contribution < 1.29 is 32.6 Å². The number of carbonyl (C=O) groups is 2. The number of fused-ring (bicyclic) bond motifs is 1. The highest BCUT2D eigenvalue weighted by molar-refractivity contribution is 7.90. The molecule has 3 atom stereocenters. The number of likely N-dealkylation sites (tertiary alicyclic amines) is 1. The first-order valence-corrected chi connectivity index (χ1v) is 16.7. The minimum Gasteiger partial charge on any atom is -0.492 e. The second-order valence-electron chi connectivity index (χ2n) is 12.5. The predicted octanol–water partition coefficient (Wildman–Crippen LogP) is 4.71. The average molecular weight is 656 g/mol. The van der Waals surface area contributed by atoms with Crippen LogP contribution in [0.15, 0.2) is 77.7 Å². The number of hydrogen-bond acceptors (Lipinski definition) is 7. The van der Waals surface area contributed by atoms with Crippen LogP contribution in [0.4, 0.5) is 4.79 Å². The van der Waals surface area contributed by atoms with Gasteiger partial charge in [-0.1, -0.05) is 56.6 Å². The van der Waals surface area contributed by atoms with Gasteiger partial charge in [0.2, 0.25) is 0 Å². The molecular formula is C33H38ClN3O7S. The lowest BCUT2D eigenvalue weighted by Crippen LogP contribution is -2.44. The molecule has 1 aliphatic heterocycles. The number of ether oxygens (including phenoxy) is 2. The summed E-state index contributed by atoms with van der Waals surface area (Å²) in [5.74, 6) is 0.702. The number of piperidine rings is 1. The van der Waals surface area contributed by atoms with E-state index in [-0.39, 0.29) is 34.6 Å². The molecule has 3 aromatic carbocycles. The molecule has 0 radical (unpaired) electrons. The van der Waals surface area contributed by atoms with Gasteiger partial charge in [-0.2, -0.15) is 0 Å². The molecule has 1 saturated heterocycles. The molecule has 3 aromatic rings. The Balaban J connectivity index is 1.01. The fraction of sp³-hybridized carbons (Fsp3) is 0.394. The minimum atomic E-state index is -3.97. The molecule has 5 rings (SSSR count). The zero-order valence-electron chi connectivity index (χ0n) is 25.4. The number of nitrogens with one attached hydrogen (secondary N) is 2. The highest BCUT2D eigenvalue weighted by Crippen LogP contribution is 2.45. The minimum absolute atomic E-state index is 0.00238. The number of carboxylic acid groups (broad SMARTS) is 1. The summed E-state index contributed by atoms with van der Waals surface area (Å²) in [6, 6.07) is 20.1. The van der Waals surface area contributed by atoms with Crippen molar-refractivity contribution in [1.29, 1.82) is 0 Å². The molecule has 0 spiro atoms. The van der Waals surface area contributed by atoms with E-state index in [0.717, 1.165) is 11.1 Å². The maximum Gasteiger partial charge on any atom is 0.345 e. The van der Waals surface area contributed by atoms with Crippen LogP contribution in [0, 0.1) is 11.8 Å². The number of benzene rings is 3. The quantitative estimate of drug-likeness (QED) is 0.239. The van der Waals surface area contributed by atoms with Gasteiger partial charge in [0.15, 0.2) is 6.10 Å². The second-order valence-corrected chi connectivity index (χ2v) is 14.6. The van der Waals surface area contributed by atoms with Crippen LogP contribution in [-0.2, 0) is 26.7 Å². The second kappa shape index (κ2) is 13.3. The van der Waals surface area contributed by atoms with Gasteiger partial charge in [-0.3, -0.25) is 0 Å². The summed E-state index contributed by atoms with van der Waals surface area (Å²) in [6.45, 7) is 8.36. The molecule has 1 heterocycles. The van der Waals surface area contributed by atoms with Crippen LogP contribution in [0.25, 0.3) is 0 Å². The first-order chi connectivity index (χ1) is 21.3. The Labute approximate surface area is 268 Å². The molecular weight excluding hydrogens is 618 g/mol. The standard InChI is InChI=1S/C33H38ClN3O7S/c1-33(2,3)22-6-12-25(13-7-22)44-29(31(38)39)18-21-4-10-24(11-5-21)43-17-16-35-30-27-19-37(20-28(27)30)32(40)36-45(41,42)26-14-8-23(34)9-15-26/h4-15,27-30,35H,16-20H2,1-3H3,(H,36,40)(H,38,39)/t27?,28?,29-,30?/m0/s1. The summed E-state index contributed by atoms with van der Waals surface area (Å²) >= 11 is 5.82. The Morgan fingerprint density at radius 1 is 0.956 bits per heavy atom. The van der Waals surface area contributed by atoms with E-state index in [4.69, 9.17) is 21.1 Å². The molecule has 0 bridgehead atoms. The predicted molar refractivity (Wildman–Crippen MR) is 170 cm³/mol. The molecule has 3 N–H and O–H groups in total. The number of amides is 2. The fourth-order valence-electron chi connectivity index (χ4n) is 5.55. The maximum atomic E-state index is 12.6. The molecule has 45 heavy (non-hydrogen) atoms. The van der Waals surface area contributed by atoms with E-state index in [1.165, 1.54) is 29.2 Å². The lowest BCUT2D eigenvalue weighted by molar-refractivity contribution is -0.145. The molecule has 2 fully saturated rings. The Hall–Kier alpha value is -3.80. The van der Waals surface area contributed by atoms with Gasteiger partial charge in [0, 0.05) is 37.1 Å². The van der Waals surface area contributed by atoms with Gasteiger partial charge < -0.3 is 24.8 Å². The first-order valence-electron chi connectivity index (χ1n) is 14.8. The number of rotatable bonds is 12. The summed E-state index contributed by atoms with van der Waals surface area (Å²) in [5, 5.41) is 13.6. The maximum absolute atomic E-state index is 12.6. The van der Waals surface area contributed by atoms with Gasteiger partial charge in [0.05, 0.1) is 4.90 Å². The van der Waals surface area contributed by atoms with Crippen molar-refractivity contribution in [2.24, 2.45) is 11.8 Å². The third-order valence-corrected chi connectivity index (χ3v) is 9.78. The van der Waals surface area contributed by atoms with Crippen LogP contribution in [0.3, 0.4) is 0 Å². The van der Waals surface area contributed by atoms with Crippen molar-refractivity contribution in [2.45, 2.75) is 49.6 Å². The Kier molecular flexibility index (Phi) is 9.62. The topological polar surface area (TPSA) is 134 Å². The summed E-state index contributed by atoms with van der Waals surface area (Å²) < 4.78 is 38.8. The van der Waals surface area contributed by atoms with Crippen LogP contribution in [-0.4, -0.2) is 68.8 Å². The smallest absolute Gasteiger partial charge is 0.345 e. The first kappa shape index (κ1) is 32.6.